The highest BCUT2D eigenvalue weighted by Gasteiger charge is 2.10. The SMILES string of the molecule is Cc1ccc2cc(CNCC(C)(C)O)ccc2c1. The van der Waals surface area contributed by atoms with Gasteiger partial charge in [0.15, 0.2) is 0 Å². The van der Waals surface area contributed by atoms with Crippen molar-refractivity contribution in [1.82, 2.24) is 5.32 Å². The number of hydrogen-bond acceptors (Lipinski definition) is 2. The van der Waals surface area contributed by atoms with E-state index in [0.29, 0.717) is 6.54 Å². The van der Waals surface area contributed by atoms with Crippen molar-refractivity contribution in [2.45, 2.75) is 32.9 Å². The molecule has 2 N–H and O–H groups in total. The van der Waals surface area contributed by atoms with Gasteiger partial charge in [-0.2, -0.15) is 0 Å². The first-order chi connectivity index (χ1) is 8.44. The van der Waals surface area contributed by atoms with E-state index < -0.39 is 5.60 Å². The van der Waals surface area contributed by atoms with Crippen molar-refractivity contribution in [2.75, 3.05) is 6.54 Å². The zero-order chi connectivity index (χ0) is 13.2. The van der Waals surface area contributed by atoms with Gasteiger partial charge in [0.2, 0.25) is 0 Å². The second-order valence-electron chi connectivity index (χ2n) is 5.60. The van der Waals surface area contributed by atoms with Crippen molar-refractivity contribution >= 4 is 10.8 Å². The van der Waals surface area contributed by atoms with Gasteiger partial charge in [-0.25, -0.2) is 0 Å². The molecule has 0 aromatic heterocycles. The minimum atomic E-state index is -0.659. The average molecular weight is 243 g/mol. The van der Waals surface area contributed by atoms with Crippen LogP contribution in [0.2, 0.25) is 0 Å². The molecule has 0 aliphatic heterocycles. The van der Waals surface area contributed by atoms with Crippen LogP contribution in [-0.4, -0.2) is 17.3 Å². The van der Waals surface area contributed by atoms with Gasteiger partial charge in [0.05, 0.1) is 5.60 Å². The summed E-state index contributed by atoms with van der Waals surface area (Å²) in [5, 5.41) is 15.4. The van der Waals surface area contributed by atoms with E-state index in [1.807, 2.05) is 13.8 Å². The molecule has 0 saturated heterocycles. The number of nitrogens with one attached hydrogen (secondary N) is 1. The number of aryl methyl sites for hydroxylation is 1. The van der Waals surface area contributed by atoms with Crippen LogP contribution in [0.3, 0.4) is 0 Å². The molecule has 2 nitrogen and oxygen atoms in total. The molecule has 0 saturated carbocycles. The Labute approximate surface area is 109 Å². The monoisotopic (exact) mass is 243 g/mol. The van der Waals surface area contributed by atoms with Crippen LogP contribution >= 0.6 is 0 Å². The van der Waals surface area contributed by atoms with Gasteiger partial charge >= 0.3 is 0 Å². The third-order valence-electron chi connectivity index (χ3n) is 2.95. The summed E-state index contributed by atoms with van der Waals surface area (Å²) in [5.41, 5.74) is 1.87. The molecule has 0 aliphatic carbocycles. The van der Waals surface area contributed by atoms with Gasteiger partial charge < -0.3 is 10.4 Å². The maximum atomic E-state index is 9.64. The molecular weight excluding hydrogens is 222 g/mol. The van der Waals surface area contributed by atoms with Crippen LogP contribution in [0.15, 0.2) is 36.4 Å². The van der Waals surface area contributed by atoms with E-state index in [-0.39, 0.29) is 0 Å². The van der Waals surface area contributed by atoms with Gasteiger partial charge in [-0.1, -0.05) is 35.9 Å². The first-order valence-corrected chi connectivity index (χ1v) is 6.36. The van der Waals surface area contributed by atoms with Crippen molar-refractivity contribution in [3.63, 3.8) is 0 Å². The summed E-state index contributed by atoms with van der Waals surface area (Å²) in [6, 6.07) is 13.0. The topological polar surface area (TPSA) is 32.3 Å². The average Bonchev–Trinajstić information content (AvgIpc) is 2.27. The van der Waals surface area contributed by atoms with Gasteiger partial charge in [0.1, 0.15) is 0 Å². The maximum absolute atomic E-state index is 9.64. The Morgan fingerprint density at radius 1 is 1.06 bits per heavy atom. The molecule has 0 radical (unpaired) electrons. The Hall–Kier alpha value is -1.38. The fourth-order valence-electron chi connectivity index (χ4n) is 2.04. The number of hydrogen-bond donors (Lipinski definition) is 2. The lowest BCUT2D eigenvalue weighted by Crippen LogP contribution is -2.34. The zero-order valence-electron chi connectivity index (χ0n) is 11.3. The smallest absolute Gasteiger partial charge is 0.0715 e. The van der Waals surface area contributed by atoms with Crippen LogP contribution in [-0.2, 0) is 6.54 Å². The van der Waals surface area contributed by atoms with E-state index in [4.69, 9.17) is 0 Å². The highest BCUT2D eigenvalue weighted by atomic mass is 16.3. The minimum Gasteiger partial charge on any atom is -0.389 e. The van der Waals surface area contributed by atoms with Crippen molar-refractivity contribution in [3.8, 4) is 0 Å². The third kappa shape index (κ3) is 3.56. The van der Waals surface area contributed by atoms with Crippen molar-refractivity contribution < 1.29 is 5.11 Å². The Kier molecular flexibility index (Phi) is 3.69. The summed E-state index contributed by atoms with van der Waals surface area (Å²) in [5.74, 6) is 0. The van der Waals surface area contributed by atoms with Crippen molar-refractivity contribution in [1.29, 1.82) is 0 Å². The number of fused-ring (bicyclic) bond motifs is 1. The van der Waals surface area contributed by atoms with Gasteiger partial charge in [-0.3, -0.25) is 0 Å². The van der Waals surface area contributed by atoms with E-state index in [9.17, 15) is 5.11 Å². The largest absolute Gasteiger partial charge is 0.389 e. The predicted octanol–water partition coefficient (Wildman–Crippen LogP) is 3.01. The van der Waals surface area contributed by atoms with Crippen molar-refractivity contribution in [3.05, 3.63) is 47.5 Å². The molecule has 0 aliphatic rings. The van der Waals surface area contributed by atoms with E-state index >= 15 is 0 Å². The molecule has 18 heavy (non-hydrogen) atoms. The third-order valence-corrected chi connectivity index (χ3v) is 2.95. The molecule has 0 spiro atoms. The molecule has 2 aromatic carbocycles. The first kappa shape index (κ1) is 13.1. The molecule has 2 aromatic rings. The summed E-state index contributed by atoms with van der Waals surface area (Å²) < 4.78 is 0. The fraction of sp³-hybridized carbons (Fsp3) is 0.375. The lowest BCUT2D eigenvalue weighted by atomic mass is 10.0. The second-order valence-corrected chi connectivity index (χ2v) is 5.60. The first-order valence-electron chi connectivity index (χ1n) is 6.36. The normalized spacial score (nSPS) is 12.0. The highest BCUT2D eigenvalue weighted by molar-refractivity contribution is 5.83. The lowest BCUT2D eigenvalue weighted by molar-refractivity contribution is 0.0795. The molecular formula is C16H21NO. The molecule has 0 unspecified atom stereocenters. The van der Waals surface area contributed by atoms with E-state index in [1.54, 1.807) is 0 Å². The molecule has 96 valence electrons. The molecule has 0 bridgehead atoms. The summed E-state index contributed by atoms with van der Waals surface area (Å²) >= 11 is 0. The summed E-state index contributed by atoms with van der Waals surface area (Å²) in [4.78, 5) is 0. The molecule has 0 heterocycles. The van der Waals surface area contributed by atoms with Gasteiger partial charge in [0, 0.05) is 13.1 Å². The Bertz CT molecular complexity index is 540. The summed E-state index contributed by atoms with van der Waals surface area (Å²) in [6.45, 7) is 7.11. The molecule has 0 fully saturated rings. The van der Waals surface area contributed by atoms with E-state index in [1.165, 1.54) is 21.9 Å². The number of aliphatic hydroxyl groups is 1. The van der Waals surface area contributed by atoms with Crippen LogP contribution in [0.5, 0.6) is 0 Å². The van der Waals surface area contributed by atoms with Gasteiger partial charge in [-0.05, 0) is 43.2 Å². The van der Waals surface area contributed by atoms with Gasteiger partial charge in [0.25, 0.3) is 0 Å². The molecule has 2 heteroatoms. The molecule has 2 rings (SSSR count). The Morgan fingerprint density at radius 3 is 2.44 bits per heavy atom. The lowest BCUT2D eigenvalue weighted by Gasteiger charge is -2.17. The quantitative estimate of drug-likeness (QED) is 0.865. The standard InChI is InChI=1S/C16H21NO/c1-12-4-6-15-9-13(5-7-14(15)8-12)10-17-11-16(2,3)18/h4-9,17-18H,10-11H2,1-3H3. The highest BCUT2D eigenvalue weighted by Crippen LogP contribution is 2.17. The van der Waals surface area contributed by atoms with Crippen LogP contribution in [0.4, 0.5) is 0 Å². The predicted molar refractivity (Wildman–Crippen MR) is 76.7 cm³/mol. The molecule has 0 amide bonds. The van der Waals surface area contributed by atoms with E-state index in [0.717, 1.165) is 6.54 Å². The molecule has 0 atom stereocenters. The zero-order valence-corrected chi connectivity index (χ0v) is 11.3. The van der Waals surface area contributed by atoms with E-state index in [2.05, 4.69) is 48.6 Å². The summed E-state index contributed by atoms with van der Waals surface area (Å²) in [7, 11) is 0. The Balaban J connectivity index is 2.08. The Morgan fingerprint density at radius 2 is 1.72 bits per heavy atom. The van der Waals surface area contributed by atoms with Crippen molar-refractivity contribution in [2.24, 2.45) is 0 Å². The van der Waals surface area contributed by atoms with Crippen LogP contribution in [0.1, 0.15) is 25.0 Å². The minimum absolute atomic E-state index is 0.596. The summed E-state index contributed by atoms with van der Waals surface area (Å²) in [6.07, 6.45) is 0. The maximum Gasteiger partial charge on any atom is 0.0715 e. The number of benzene rings is 2. The second kappa shape index (κ2) is 5.09. The fourth-order valence-corrected chi connectivity index (χ4v) is 2.04. The van der Waals surface area contributed by atoms with Crippen LogP contribution in [0, 0.1) is 6.92 Å². The number of rotatable bonds is 4. The van der Waals surface area contributed by atoms with Crippen LogP contribution in [0.25, 0.3) is 10.8 Å². The van der Waals surface area contributed by atoms with Gasteiger partial charge in [-0.15, -0.1) is 0 Å². The van der Waals surface area contributed by atoms with Crippen LogP contribution < -0.4 is 5.32 Å².